The van der Waals surface area contributed by atoms with Crippen molar-refractivity contribution < 1.29 is 14.6 Å². The van der Waals surface area contributed by atoms with Gasteiger partial charge < -0.3 is 20.5 Å². The second-order valence-corrected chi connectivity index (χ2v) is 8.34. The van der Waals surface area contributed by atoms with Crippen molar-refractivity contribution >= 4 is 17.7 Å². The molecule has 0 aliphatic carbocycles. The lowest BCUT2D eigenvalue weighted by molar-refractivity contribution is 0.0535. The Balaban J connectivity index is 1.70. The zero-order chi connectivity index (χ0) is 23.8. The van der Waals surface area contributed by atoms with Gasteiger partial charge in [-0.1, -0.05) is 12.0 Å². The van der Waals surface area contributed by atoms with E-state index in [1.165, 1.54) is 0 Å². The van der Waals surface area contributed by atoms with Crippen molar-refractivity contribution in [1.29, 1.82) is 0 Å². The summed E-state index contributed by atoms with van der Waals surface area (Å²) in [6, 6.07) is 11.2. The standard InChI is InChI=1S/C25H27N5O3/c1-17-12-18(16-31)14-21(13-17)29-23-27-11-8-22(30-23)19-7-10-26-20(15-19)6-5-9-28-24(32)33-25(2,3)4/h7-8,10-15,31H,9,16H2,1-4H3,(H,28,32)(H,27,29,30). The van der Waals surface area contributed by atoms with Gasteiger partial charge in [0.05, 0.1) is 18.8 Å². The average Bonchev–Trinajstić information content (AvgIpc) is 2.75. The first-order valence-corrected chi connectivity index (χ1v) is 10.5. The van der Waals surface area contributed by atoms with Crippen LogP contribution in [-0.2, 0) is 11.3 Å². The number of aliphatic hydroxyl groups excluding tert-OH is 1. The predicted octanol–water partition coefficient (Wildman–Crippen LogP) is 3.96. The van der Waals surface area contributed by atoms with Gasteiger partial charge in [-0.05, 0) is 75.1 Å². The van der Waals surface area contributed by atoms with E-state index in [1.54, 1.807) is 39.2 Å². The highest BCUT2D eigenvalue weighted by Gasteiger charge is 2.15. The van der Waals surface area contributed by atoms with E-state index >= 15 is 0 Å². The number of alkyl carbamates (subject to hydrolysis) is 1. The molecule has 0 radical (unpaired) electrons. The van der Waals surface area contributed by atoms with Crippen molar-refractivity contribution in [3.05, 3.63) is 65.6 Å². The van der Waals surface area contributed by atoms with E-state index in [9.17, 15) is 9.90 Å². The van der Waals surface area contributed by atoms with E-state index in [1.807, 2.05) is 37.3 Å². The molecule has 2 aromatic heterocycles. The fourth-order valence-corrected chi connectivity index (χ4v) is 2.96. The van der Waals surface area contributed by atoms with Crippen LogP contribution < -0.4 is 10.6 Å². The Morgan fingerprint density at radius 1 is 1.12 bits per heavy atom. The Bertz CT molecular complexity index is 1190. The van der Waals surface area contributed by atoms with Crippen molar-refractivity contribution in [1.82, 2.24) is 20.3 Å². The summed E-state index contributed by atoms with van der Waals surface area (Å²) < 4.78 is 5.17. The van der Waals surface area contributed by atoms with Gasteiger partial charge in [-0.2, -0.15) is 0 Å². The number of aliphatic hydroxyl groups is 1. The molecule has 1 aromatic carbocycles. The number of hydrogen-bond donors (Lipinski definition) is 3. The van der Waals surface area contributed by atoms with Gasteiger partial charge in [0.2, 0.25) is 5.95 Å². The molecule has 0 fully saturated rings. The van der Waals surface area contributed by atoms with Gasteiger partial charge in [0, 0.05) is 23.6 Å². The van der Waals surface area contributed by atoms with Gasteiger partial charge in [0.15, 0.2) is 0 Å². The summed E-state index contributed by atoms with van der Waals surface area (Å²) in [4.78, 5) is 24.8. The Morgan fingerprint density at radius 2 is 1.91 bits per heavy atom. The highest BCUT2D eigenvalue weighted by molar-refractivity contribution is 5.68. The molecular weight excluding hydrogens is 418 g/mol. The molecule has 1 amide bonds. The summed E-state index contributed by atoms with van der Waals surface area (Å²) in [7, 11) is 0. The lowest BCUT2D eigenvalue weighted by atomic mass is 10.1. The molecule has 0 spiro atoms. The maximum Gasteiger partial charge on any atom is 0.408 e. The first-order valence-electron chi connectivity index (χ1n) is 10.5. The topological polar surface area (TPSA) is 109 Å². The SMILES string of the molecule is Cc1cc(CO)cc(Nc2nccc(-c3ccnc(C#CCNC(=O)OC(C)(C)C)c3)n2)c1. The normalized spacial score (nSPS) is 10.7. The van der Waals surface area contributed by atoms with Crippen LogP contribution in [0.1, 0.15) is 37.6 Å². The van der Waals surface area contributed by atoms with E-state index in [2.05, 4.69) is 37.4 Å². The number of anilines is 2. The van der Waals surface area contributed by atoms with Gasteiger partial charge in [-0.15, -0.1) is 0 Å². The molecule has 8 nitrogen and oxygen atoms in total. The predicted molar refractivity (Wildman–Crippen MR) is 127 cm³/mol. The zero-order valence-corrected chi connectivity index (χ0v) is 19.1. The molecule has 170 valence electrons. The Morgan fingerprint density at radius 3 is 2.67 bits per heavy atom. The number of amides is 1. The molecule has 3 rings (SSSR count). The number of benzene rings is 1. The molecule has 0 aliphatic rings. The summed E-state index contributed by atoms with van der Waals surface area (Å²) in [6.07, 6.45) is 2.81. The fraction of sp³-hybridized carbons (Fsp3) is 0.280. The first kappa shape index (κ1) is 23.7. The number of nitrogens with one attached hydrogen (secondary N) is 2. The monoisotopic (exact) mass is 445 g/mol. The van der Waals surface area contributed by atoms with Crippen LogP contribution in [0.25, 0.3) is 11.3 Å². The number of aryl methyl sites for hydroxylation is 1. The zero-order valence-electron chi connectivity index (χ0n) is 19.1. The van der Waals surface area contributed by atoms with Gasteiger partial charge in [-0.3, -0.25) is 0 Å². The smallest absolute Gasteiger partial charge is 0.408 e. The molecule has 0 atom stereocenters. The number of aromatic nitrogens is 3. The second-order valence-electron chi connectivity index (χ2n) is 8.34. The van der Waals surface area contributed by atoms with E-state index in [-0.39, 0.29) is 13.2 Å². The number of pyridine rings is 1. The molecular formula is C25H27N5O3. The quantitative estimate of drug-likeness (QED) is 0.510. The summed E-state index contributed by atoms with van der Waals surface area (Å²) >= 11 is 0. The van der Waals surface area contributed by atoms with Crippen LogP contribution in [0.15, 0.2) is 48.8 Å². The van der Waals surface area contributed by atoms with Crippen molar-refractivity contribution in [3.63, 3.8) is 0 Å². The van der Waals surface area contributed by atoms with Gasteiger partial charge in [0.1, 0.15) is 11.3 Å². The van der Waals surface area contributed by atoms with Gasteiger partial charge >= 0.3 is 6.09 Å². The second kappa shape index (κ2) is 10.6. The van der Waals surface area contributed by atoms with Crippen LogP contribution in [0, 0.1) is 18.8 Å². The summed E-state index contributed by atoms with van der Waals surface area (Å²) in [6.45, 7) is 7.48. The molecule has 3 aromatic rings. The van der Waals surface area contributed by atoms with Crippen LogP contribution in [0.3, 0.4) is 0 Å². The third-order valence-corrected chi connectivity index (χ3v) is 4.22. The number of rotatable bonds is 5. The maximum atomic E-state index is 11.7. The molecule has 0 saturated heterocycles. The Hall–Kier alpha value is -3.96. The van der Waals surface area contributed by atoms with Crippen molar-refractivity contribution in [2.45, 2.75) is 39.9 Å². The van der Waals surface area contributed by atoms with E-state index < -0.39 is 11.7 Å². The lowest BCUT2D eigenvalue weighted by Gasteiger charge is -2.18. The summed E-state index contributed by atoms with van der Waals surface area (Å²) in [5.74, 6) is 6.24. The van der Waals surface area contributed by atoms with Crippen molar-refractivity contribution in [2.75, 3.05) is 11.9 Å². The molecule has 3 N–H and O–H groups in total. The van der Waals surface area contributed by atoms with E-state index in [0.717, 1.165) is 22.4 Å². The molecule has 0 saturated carbocycles. The first-order chi connectivity index (χ1) is 15.7. The van der Waals surface area contributed by atoms with E-state index in [4.69, 9.17) is 4.74 Å². The van der Waals surface area contributed by atoms with Crippen LogP contribution in [0.4, 0.5) is 16.4 Å². The third kappa shape index (κ3) is 7.59. The summed E-state index contributed by atoms with van der Waals surface area (Å²) in [5.41, 5.74) is 4.18. The lowest BCUT2D eigenvalue weighted by Crippen LogP contribution is -2.32. The molecule has 0 unspecified atom stereocenters. The number of nitrogens with zero attached hydrogens (tertiary/aromatic N) is 3. The number of carbonyl (C=O) groups is 1. The van der Waals surface area contributed by atoms with E-state index in [0.29, 0.717) is 17.3 Å². The number of ether oxygens (including phenoxy) is 1. The van der Waals surface area contributed by atoms with Crippen LogP contribution >= 0.6 is 0 Å². The molecule has 8 heteroatoms. The number of carbonyl (C=O) groups excluding carboxylic acids is 1. The average molecular weight is 446 g/mol. The van der Waals surface area contributed by atoms with Gasteiger partial charge in [0.25, 0.3) is 0 Å². The molecule has 33 heavy (non-hydrogen) atoms. The highest BCUT2D eigenvalue weighted by Crippen LogP contribution is 2.21. The molecule has 2 heterocycles. The minimum atomic E-state index is -0.556. The largest absolute Gasteiger partial charge is 0.444 e. The summed E-state index contributed by atoms with van der Waals surface area (Å²) in [5, 5.41) is 15.2. The van der Waals surface area contributed by atoms with Crippen LogP contribution in [0.5, 0.6) is 0 Å². The van der Waals surface area contributed by atoms with Crippen LogP contribution in [0.2, 0.25) is 0 Å². The third-order valence-electron chi connectivity index (χ3n) is 4.22. The van der Waals surface area contributed by atoms with Crippen LogP contribution in [-0.4, -0.2) is 38.3 Å². The van der Waals surface area contributed by atoms with Crippen molar-refractivity contribution in [3.8, 4) is 23.1 Å². The minimum absolute atomic E-state index is 0.0363. The van der Waals surface area contributed by atoms with Gasteiger partial charge in [-0.25, -0.2) is 19.7 Å². The minimum Gasteiger partial charge on any atom is -0.444 e. The highest BCUT2D eigenvalue weighted by atomic mass is 16.6. The Kier molecular flexibility index (Phi) is 7.59. The molecule has 0 aliphatic heterocycles. The Labute approximate surface area is 193 Å². The number of hydrogen-bond acceptors (Lipinski definition) is 7. The molecule has 0 bridgehead atoms. The van der Waals surface area contributed by atoms with Crippen molar-refractivity contribution in [2.24, 2.45) is 0 Å². The maximum absolute atomic E-state index is 11.7. The fourth-order valence-electron chi connectivity index (χ4n) is 2.96.